The molecule has 0 aliphatic carbocycles. The van der Waals surface area contributed by atoms with Gasteiger partial charge in [-0.05, 0) is 49.6 Å². The van der Waals surface area contributed by atoms with Crippen molar-refractivity contribution in [3.8, 4) is 5.75 Å². The minimum absolute atomic E-state index is 0.00581. The van der Waals surface area contributed by atoms with Crippen molar-refractivity contribution in [3.63, 3.8) is 0 Å². The van der Waals surface area contributed by atoms with Gasteiger partial charge in [0.05, 0.1) is 23.8 Å². The Morgan fingerprint density at radius 2 is 2.04 bits per heavy atom. The van der Waals surface area contributed by atoms with Crippen LogP contribution in [0.15, 0.2) is 47.4 Å². The Morgan fingerprint density at radius 1 is 1.25 bits per heavy atom. The Hall–Kier alpha value is -2.58. The van der Waals surface area contributed by atoms with Gasteiger partial charge >= 0.3 is 0 Å². The molecule has 1 atom stereocenters. The van der Waals surface area contributed by atoms with Crippen LogP contribution in [0.1, 0.15) is 28.8 Å². The summed E-state index contributed by atoms with van der Waals surface area (Å²) in [6.07, 6.45) is 1.92. The number of amides is 1. The lowest BCUT2D eigenvalue weighted by Gasteiger charge is -2.14. The van der Waals surface area contributed by atoms with Gasteiger partial charge in [0, 0.05) is 18.7 Å². The fraction of sp³-hybridized carbons (Fsp3) is 0.350. The van der Waals surface area contributed by atoms with Gasteiger partial charge in [0.2, 0.25) is 0 Å². The van der Waals surface area contributed by atoms with Crippen LogP contribution in [-0.4, -0.2) is 40.7 Å². The second-order valence-electron chi connectivity index (χ2n) is 6.63. The molecule has 3 rings (SSSR count). The molecule has 1 saturated heterocycles. The molecule has 2 aromatic rings. The third-order valence-corrected chi connectivity index (χ3v) is 5.99. The number of carbonyl (C=O) groups is 1. The standard InChI is InChI=1S/C20H24N2O5S/c1-14-9-10-16(12-17(14)20(23)21-13-15-6-5-11-27-15)28(24,25)22-18-7-3-4-8-19(18)26-2/h3-4,7-10,12,15,22H,5-6,11,13H2,1-2H3,(H,21,23)/t15-/m1/s1. The largest absolute Gasteiger partial charge is 0.495 e. The van der Waals surface area contributed by atoms with Gasteiger partial charge in [-0.25, -0.2) is 8.42 Å². The number of methoxy groups -OCH3 is 1. The molecule has 2 aromatic carbocycles. The maximum atomic E-state index is 12.8. The molecule has 1 heterocycles. The average Bonchev–Trinajstić information content (AvgIpc) is 3.20. The quantitative estimate of drug-likeness (QED) is 0.740. The molecule has 1 amide bonds. The van der Waals surface area contributed by atoms with Crippen molar-refractivity contribution < 1.29 is 22.7 Å². The molecule has 0 unspecified atom stereocenters. The minimum Gasteiger partial charge on any atom is -0.495 e. The van der Waals surface area contributed by atoms with Gasteiger partial charge in [0.15, 0.2) is 0 Å². The molecule has 0 aromatic heterocycles. The van der Waals surface area contributed by atoms with Crippen molar-refractivity contribution in [1.29, 1.82) is 0 Å². The lowest BCUT2D eigenvalue weighted by molar-refractivity contribution is 0.0857. The van der Waals surface area contributed by atoms with Crippen LogP contribution in [-0.2, 0) is 14.8 Å². The molecule has 0 radical (unpaired) electrons. The molecule has 7 nitrogen and oxygen atoms in total. The Morgan fingerprint density at radius 3 is 2.75 bits per heavy atom. The molecular formula is C20H24N2O5S. The van der Waals surface area contributed by atoms with Gasteiger partial charge in [-0.15, -0.1) is 0 Å². The van der Waals surface area contributed by atoms with Crippen LogP contribution < -0.4 is 14.8 Å². The Bertz CT molecular complexity index is 953. The van der Waals surface area contributed by atoms with Crippen LogP contribution in [0.25, 0.3) is 0 Å². The molecule has 1 aliphatic heterocycles. The average molecular weight is 404 g/mol. The predicted molar refractivity (Wildman–Crippen MR) is 106 cm³/mol. The summed E-state index contributed by atoms with van der Waals surface area (Å²) in [6.45, 7) is 2.89. The zero-order valence-electron chi connectivity index (χ0n) is 15.9. The van der Waals surface area contributed by atoms with E-state index >= 15 is 0 Å². The first-order valence-corrected chi connectivity index (χ1v) is 10.6. The van der Waals surface area contributed by atoms with Crippen LogP contribution in [0, 0.1) is 6.92 Å². The van der Waals surface area contributed by atoms with Crippen molar-refractivity contribution >= 4 is 21.6 Å². The summed E-state index contributed by atoms with van der Waals surface area (Å²) in [4.78, 5) is 12.6. The number of nitrogens with one attached hydrogen (secondary N) is 2. The fourth-order valence-electron chi connectivity index (χ4n) is 3.05. The number of sulfonamides is 1. The van der Waals surface area contributed by atoms with E-state index in [1.165, 1.54) is 19.2 Å². The SMILES string of the molecule is COc1ccccc1NS(=O)(=O)c1ccc(C)c(C(=O)NC[C@H]2CCCO2)c1. The smallest absolute Gasteiger partial charge is 0.262 e. The van der Waals surface area contributed by atoms with Crippen molar-refractivity contribution in [2.24, 2.45) is 0 Å². The van der Waals surface area contributed by atoms with E-state index in [1.54, 1.807) is 37.3 Å². The van der Waals surface area contributed by atoms with Gasteiger partial charge in [-0.2, -0.15) is 0 Å². The number of benzene rings is 2. The summed E-state index contributed by atoms with van der Waals surface area (Å²) in [7, 11) is -2.42. The van der Waals surface area contributed by atoms with Crippen LogP contribution in [0.5, 0.6) is 5.75 Å². The summed E-state index contributed by atoms with van der Waals surface area (Å²) in [5, 5.41) is 2.83. The molecule has 150 valence electrons. The number of para-hydroxylation sites is 2. The summed E-state index contributed by atoms with van der Waals surface area (Å²) >= 11 is 0. The Balaban J connectivity index is 1.80. The Kier molecular flexibility index (Phi) is 6.21. The summed E-state index contributed by atoms with van der Waals surface area (Å²) in [5.41, 5.74) is 1.34. The first-order valence-electron chi connectivity index (χ1n) is 9.07. The second kappa shape index (κ2) is 8.62. The Labute approximate surface area is 165 Å². The normalized spacial score (nSPS) is 16.6. The van der Waals surface area contributed by atoms with E-state index in [-0.39, 0.29) is 16.9 Å². The van der Waals surface area contributed by atoms with E-state index in [2.05, 4.69) is 10.0 Å². The van der Waals surface area contributed by atoms with Crippen molar-refractivity contribution in [3.05, 3.63) is 53.6 Å². The number of hydrogen-bond acceptors (Lipinski definition) is 5. The van der Waals surface area contributed by atoms with Crippen LogP contribution >= 0.6 is 0 Å². The number of hydrogen-bond donors (Lipinski definition) is 2. The molecule has 0 bridgehead atoms. The first kappa shape index (κ1) is 20.2. The van der Waals surface area contributed by atoms with Crippen molar-refractivity contribution in [2.75, 3.05) is 25.0 Å². The highest BCUT2D eigenvalue weighted by molar-refractivity contribution is 7.92. The lowest BCUT2D eigenvalue weighted by atomic mass is 10.1. The minimum atomic E-state index is -3.88. The van der Waals surface area contributed by atoms with Gasteiger partial charge in [0.25, 0.3) is 15.9 Å². The van der Waals surface area contributed by atoms with Crippen LogP contribution in [0.2, 0.25) is 0 Å². The number of anilines is 1. The molecular weight excluding hydrogens is 380 g/mol. The predicted octanol–water partition coefficient (Wildman–Crippen LogP) is 2.71. The molecule has 1 fully saturated rings. The highest BCUT2D eigenvalue weighted by Gasteiger charge is 2.21. The number of ether oxygens (including phenoxy) is 2. The van der Waals surface area contributed by atoms with Crippen molar-refractivity contribution in [2.45, 2.75) is 30.8 Å². The number of rotatable bonds is 7. The highest BCUT2D eigenvalue weighted by atomic mass is 32.2. The van der Waals surface area contributed by atoms with Gasteiger partial charge in [-0.3, -0.25) is 9.52 Å². The van der Waals surface area contributed by atoms with Crippen LogP contribution in [0.3, 0.4) is 0 Å². The topological polar surface area (TPSA) is 93.7 Å². The molecule has 2 N–H and O–H groups in total. The van der Waals surface area contributed by atoms with Crippen molar-refractivity contribution in [1.82, 2.24) is 5.32 Å². The van der Waals surface area contributed by atoms with Gasteiger partial charge in [-0.1, -0.05) is 18.2 Å². The fourth-order valence-corrected chi connectivity index (χ4v) is 4.15. The zero-order valence-corrected chi connectivity index (χ0v) is 16.7. The third-order valence-electron chi connectivity index (χ3n) is 4.63. The molecule has 8 heteroatoms. The third kappa shape index (κ3) is 4.63. The van der Waals surface area contributed by atoms with Crippen LogP contribution in [0.4, 0.5) is 5.69 Å². The number of carbonyl (C=O) groups excluding carboxylic acids is 1. The zero-order chi connectivity index (χ0) is 20.1. The van der Waals surface area contributed by atoms with E-state index in [9.17, 15) is 13.2 Å². The van der Waals surface area contributed by atoms with E-state index in [4.69, 9.17) is 9.47 Å². The van der Waals surface area contributed by atoms with E-state index in [0.29, 0.717) is 35.7 Å². The van der Waals surface area contributed by atoms with Gasteiger partial charge in [0.1, 0.15) is 5.75 Å². The second-order valence-corrected chi connectivity index (χ2v) is 8.31. The summed E-state index contributed by atoms with van der Waals surface area (Å²) < 4.78 is 38.8. The van der Waals surface area contributed by atoms with E-state index in [1.807, 2.05) is 0 Å². The van der Waals surface area contributed by atoms with E-state index < -0.39 is 10.0 Å². The maximum absolute atomic E-state index is 12.8. The molecule has 1 aliphatic rings. The monoisotopic (exact) mass is 404 g/mol. The molecule has 0 saturated carbocycles. The number of aryl methyl sites for hydroxylation is 1. The summed E-state index contributed by atoms with van der Waals surface area (Å²) in [5.74, 6) is 0.0926. The summed E-state index contributed by atoms with van der Waals surface area (Å²) in [6, 6.07) is 11.2. The lowest BCUT2D eigenvalue weighted by Crippen LogP contribution is -2.32. The van der Waals surface area contributed by atoms with Gasteiger partial charge < -0.3 is 14.8 Å². The maximum Gasteiger partial charge on any atom is 0.262 e. The first-order chi connectivity index (χ1) is 13.4. The molecule has 0 spiro atoms. The highest BCUT2D eigenvalue weighted by Crippen LogP contribution is 2.26. The molecule has 28 heavy (non-hydrogen) atoms. The van der Waals surface area contributed by atoms with E-state index in [0.717, 1.165) is 12.8 Å².